The van der Waals surface area contributed by atoms with Crippen molar-refractivity contribution in [1.29, 1.82) is 0 Å². The van der Waals surface area contributed by atoms with E-state index in [1.165, 1.54) is 4.52 Å². The van der Waals surface area contributed by atoms with Crippen molar-refractivity contribution in [2.24, 2.45) is 0 Å². The lowest BCUT2D eigenvalue weighted by molar-refractivity contribution is 0.0159. The summed E-state index contributed by atoms with van der Waals surface area (Å²) in [5.74, 6) is 0.410. The Kier molecular flexibility index (Phi) is 5.20. The van der Waals surface area contributed by atoms with Crippen molar-refractivity contribution in [2.45, 2.75) is 52.7 Å². The predicted octanol–water partition coefficient (Wildman–Crippen LogP) is 2.19. The second-order valence-corrected chi connectivity index (χ2v) is 8.41. The number of aromatic nitrogens is 4. The molecule has 0 spiro atoms. The molecule has 0 aromatic carbocycles. The summed E-state index contributed by atoms with van der Waals surface area (Å²) < 4.78 is 7.12. The number of carbonyl (C=O) groups excluding carboxylic acids is 1. The molecule has 3 heterocycles. The summed E-state index contributed by atoms with van der Waals surface area (Å²) in [5.41, 5.74) is 0.645. The Morgan fingerprint density at radius 2 is 2.07 bits per heavy atom. The quantitative estimate of drug-likeness (QED) is 0.768. The topological polar surface area (TPSA) is 95.8 Å². The van der Waals surface area contributed by atoms with Crippen LogP contribution < -0.4 is 10.5 Å². The van der Waals surface area contributed by atoms with E-state index < -0.39 is 5.60 Å². The fourth-order valence-electron chi connectivity index (χ4n) is 3.27. The van der Waals surface area contributed by atoms with Crippen LogP contribution in [-0.4, -0.2) is 61.9 Å². The first-order valence-corrected chi connectivity index (χ1v) is 9.82. The predicted molar refractivity (Wildman–Crippen MR) is 105 cm³/mol. The number of hydrogen-bond donors (Lipinski definition) is 1. The number of H-pyrrole nitrogens is 1. The largest absolute Gasteiger partial charge is 0.444 e. The van der Waals surface area contributed by atoms with Crippen molar-refractivity contribution in [3.05, 3.63) is 20.8 Å². The summed E-state index contributed by atoms with van der Waals surface area (Å²) in [6.45, 7) is 11.1. The van der Waals surface area contributed by atoms with Gasteiger partial charge in [-0.1, -0.05) is 6.92 Å². The fraction of sp³-hybridized carbons (Fsp3) is 0.647. The Balaban J connectivity index is 1.88. The van der Waals surface area contributed by atoms with Gasteiger partial charge in [0.25, 0.3) is 5.56 Å². The Hall–Kier alpha value is -2.10. The number of hydrogen-bond acceptors (Lipinski definition) is 6. The minimum atomic E-state index is -0.536. The van der Waals surface area contributed by atoms with Crippen LogP contribution in [0.4, 0.5) is 10.5 Å². The van der Waals surface area contributed by atoms with Crippen LogP contribution >= 0.6 is 15.9 Å². The maximum atomic E-state index is 13.0. The molecule has 2 aromatic heterocycles. The average molecular weight is 441 g/mol. The first-order chi connectivity index (χ1) is 12.6. The van der Waals surface area contributed by atoms with Crippen molar-refractivity contribution in [2.75, 3.05) is 24.5 Å². The van der Waals surface area contributed by atoms with Gasteiger partial charge in [-0.05, 0) is 50.0 Å². The van der Waals surface area contributed by atoms with Crippen molar-refractivity contribution in [3.8, 4) is 0 Å². The third-order valence-corrected chi connectivity index (χ3v) is 4.79. The van der Waals surface area contributed by atoms with E-state index in [1.54, 1.807) is 4.90 Å². The standard InChI is InChI=1S/C17H25BrN6O3/c1-6-11-12(13(25)24-15(19-11)20-14(18)21-24)22-7-8-23(10(2)9-22)16(26)27-17(3,4)5/h10H,6-9H2,1-5H3,(H,19,20,21)/t10-/m1/s1. The summed E-state index contributed by atoms with van der Waals surface area (Å²) in [6.07, 6.45) is 0.335. The van der Waals surface area contributed by atoms with Crippen LogP contribution in [0.15, 0.2) is 9.53 Å². The highest BCUT2D eigenvalue weighted by Crippen LogP contribution is 2.22. The number of carbonyl (C=O) groups is 1. The van der Waals surface area contributed by atoms with Gasteiger partial charge in [-0.25, -0.2) is 4.79 Å². The van der Waals surface area contributed by atoms with Crippen molar-refractivity contribution < 1.29 is 9.53 Å². The summed E-state index contributed by atoms with van der Waals surface area (Å²) >= 11 is 3.21. The third kappa shape index (κ3) is 3.95. The molecule has 1 fully saturated rings. The summed E-state index contributed by atoms with van der Waals surface area (Å²) in [4.78, 5) is 36.5. The van der Waals surface area contributed by atoms with Crippen LogP contribution in [0.5, 0.6) is 0 Å². The molecule has 1 N–H and O–H groups in total. The number of fused-ring (bicyclic) bond motifs is 1. The van der Waals surface area contributed by atoms with Gasteiger partial charge in [0.15, 0.2) is 0 Å². The van der Waals surface area contributed by atoms with E-state index in [0.29, 0.717) is 42.3 Å². The molecule has 0 unspecified atom stereocenters. The molecule has 1 aliphatic heterocycles. The molecule has 27 heavy (non-hydrogen) atoms. The van der Waals surface area contributed by atoms with Crippen LogP contribution in [0.1, 0.15) is 40.3 Å². The Morgan fingerprint density at radius 3 is 2.67 bits per heavy atom. The SMILES string of the molecule is CCc1[nH]c2nc(Br)nn2c(=O)c1N1CCN(C(=O)OC(C)(C)C)[C@H](C)C1. The number of nitrogens with one attached hydrogen (secondary N) is 1. The number of piperazine rings is 1. The molecule has 0 saturated carbocycles. The number of anilines is 1. The van der Waals surface area contributed by atoms with Crippen molar-refractivity contribution >= 4 is 33.5 Å². The normalized spacial score (nSPS) is 18.2. The van der Waals surface area contributed by atoms with Gasteiger partial charge in [-0.2, -0.15) is 9.50 Å². The van der Waals surface area contributed by atoms with E-state index in [1.807, 2.05) is 39.5 Å². The van der Waals surface area contributed by atoms with Gasteiger partial charge in [0, 0.05) is 31.4 Å². The number of halogens is 1. The molecule has 1 aliphatic rings. The Morgan fingerprint density at radius 1 is 1.37 bits per heavy atom. The molecular weight excluding hydrogens is 416 g/mol. The molecule has 0 bridgehead atoms. The lowest BCUT2D eigenvalue weighted by atomic mass is 10.1. The first kappa shape index (κ1) is 19.7. The second-order valence-electron chi connectivity index (χ2n) is 7.70. The first-order valence-electron chi connectivity index (χ1n) is 9.02. The molecule has 0 radical (unpaired) electrons. The molecule has 1 atom stereocenters. The highest BCUT2D eigenvalue weighted by atomic mass is 79.9. The Bertz CT molecular complexity index is 916. The molecule has 1 amide bonds. The number of rotatable bonds is 2. The van der Waals surface area contributed by atoms with Crippen LogP contribution in [0.3, 0.4) is 0 Å². The summed E-state index contributed by atoms with van der Waals surface area (Å²) in [5, 5.41) is 4.11. The van der Waals surface area contributed by atoms with Gasteiger partial charge in [0.1, 0.15) is 11.3 Å². The minimum Gasteiger partial charge on any atom is -0.444 e. The third-order valence-electron chi connectivity index (χ3n) is 4.45. The minimum absolute atomic E-state index is 0.0871. The maximum absolute atomic E-state index is 13.0. The van der Waals surface area contributed by atoms with Crippen LogP contribution in [-0.2, 0) is 11.2 Å². The molecule has 0 aliphatic carbocycles. The van der Waals surface area contributed by atoms with E-state index in [9.17, 15) is 9.59 Å². The van der Waals surface area contributed by atoms with E-state index >= 15 is 0 Å². The second kappa shape index (κ2) is 7.14. The number of nitrogens with zero attached hydrogens (tertiary/aromatic N) is 5. The van der Waals surface area contributed by atoms with Gasteiger partial charge >= 0.3 is 6.09 Å². The van der Waals surface area contributed by atoms with Crippen molar-refractivity contribution in [3.63, 3.8) is 0 Å². The lowest BCUT2D eigenvalue weighted by Gasteiger charge is -2.41. The average Bonchev–Trinajstić information content (AvgIpc) is 2.93. The smallest absolute Gasteiger partial charge is 0.410 e. The summed E-state index contributed by atoms with van der Waals surface area (Å²) in [7, 11) is 0. The van der Waals surface area contributed by atoms with Crippen LogP contribution in [0, 0.1) is 0 Å². The number of aromatic amines is 1. The fourth-order valence-corrected chi connectivity index (χ4v) is 3.59. The molecule has 2 aromatic rings. The molecule has 9 nitrogen and oxygen atoms in total. The molecular formula is C17H25BrN6O3. The van der Waals surface area contributed by atoms with E-state index in [-0.39, 0.29) is 17.7 Å². The van der Waals surface area contributed by atoms with Gasteiger partial charge in [-0.3, -0.25) is 4.79 Å². The van der Waals surface area contributed by atoms with Gasteiger partial charge in [0.05, 0.1) is 0 Å². The maximum Gasteiger partial charge on any atom is 0.410 e. The highest BCUT2D eigenvalue weighted by Gasteiger charge is 2.32. The van der Waals surface area contributed by atoms with E-state index in [2.05, 4.69) is 31.0 Å². The Labute approximate surface area is 165 Å². The monoisotopic (exact) mass is 440 g/mol. The number of aryl methyl sites for hydroxylation is 1. The zero-order valence-corrected chi connectivity index (χ0v) is 17.8. The molecule has 3 rings (SSSR count). The van der Waals surface area contributed by atoms with E-state index in [0.717, 1.165) is 5.69 Å². The summed E-state index contributed by atoms with van der Waals surface area (Å²) in [6, 6.07) is -0.0871. The number of ether oxygens (including phenoxy) is 1. The lowest BCUT2D eigenvalue weighted by Crippen LogP contribution is -2.56. The van der Waals surface area contributed by atoms with Gasteiger partial charge < -0.3 is 19.5 Å². The van der Waals surface area contributed by atoms with Crippen LogP contribution in [0.25, 0.3) is 5.78 Å². The highest BCUT2D eigenvalue weighted by molar-refractivity contribution is 9.10. The van der Waals surface area contributed by atoms with Gasteiger partial charge in [-0.15, -0.1) is 5.10 Å². The molecule has 1 saturated heterocycles. The van der Waals surface area contributed by atoms with Crippen LogP contribution in [0.2, 0.25) is 0 Å². The van der Waals surface area contributed by atoms with E-state index in [4.69, 9.17) is 4.74 Å². The molecule has 10 heteroatoms. The zero-order chi connectivity index (χ0) is 19.9. The molecule has 148 valence electrons. The van der Waals surface area contributed by atoms with Crippen molar-refractivity contribution in [1.82, 2.24) is 24.5 Å². The van der Waals surface area contributed by atoms with Gasteiger partial charge in [0.2, 0.25) is 10.5 Å². The number of amides is 1. The zero-order valence-electron chi connectivity index (χ0n) is 16.2.